The fraction of sp³-hybridized carbons (Fsp3) is 0.308. The van der Waals surface area contributed by atoms with E-state index in [4.69, 9.17) is 11.2 Å². The largest absolute Gasteiger partial charge is 0.495 e. The number of rotatable bonds is 4. The smallest absolute Gasteiger partial charge is 0.227 e. The highest BCUT2D eigenvalue weighted by Gasteiger charge is 2.16. The Labute approximate surface area is 96.0 Å². The minimum atomic E-state index is -0.0116. The van der Waals surface area contributed by atoms with Crippen LogP contribution in [0.1, 0.15) is 13.3 Å². The second-order valence-corrected chi connectivity index (χ2v) is 3.21. The van der Waals surface area contributed by atoms with Gasteiger partial charge < -0.3 is 4.74 Å². The zero-order valence-electron chi connectivity index (χ0n) is 9.56. The van der Waals surface area contributed by atoms with Gasteiger partial charge in [0, 0.05) is 6.42 Å². The predicted octanol–water partition coefficient (Wildman–Crippen LogP) is 2.07. The fourth-order valence-corrected chi connectivity index (χ4v) is 1.44. The summed E-state index contributed by atoms with van der Waals surface area (Å²) in [7, 11) is 1.57. The van der Waals surface area contributed by atoms with Crippen molar-refractivity contribution >= 4 is 11.6 Å². The van der Waals surface area contributed by atoms with Crippen LogP contribution < -0.4 is 9.64 Å². The Balaban J connectivity index is 3.10. The Morgan fingerprint density at radius 2 is 2.19 bits per heavy atom. The average Bonchev–Trinajstić information content (AvgIpc) is 2.35. The summed E-state index contributed by atoms with van der Waals surface area (Å²) in [6.45, 7) is 2.06. The Hall–Kier alpha value is -1.95. The van der Waals surface area contributed by atoms with Gasteiger partial charge in [0.05, 0.1) is 19.3 Å². The van der Waals surface area contributed by atoms with E-state index < -0.39 is 0 Å². The highest BCUT2D eigenvalue weighted by atomic mass is 16.5. The van der Waals surface area contributed by atoms with Crippen LogP contribution in [-0.2, 0) is 4.79 Å². The van der Waals surface area contributed by atoms with Gasteiger partial charge in [0.25, 0.3) is 0 Å². The Kier molecular flexibility index (Phi) is 4.41. The first kappa shape index (κ1) is 12.1. The lowest BCUT2D eigenvalue weighted by Crippen LogP contribution is -2.30. The third-order valence-corrected chi connectivity index (χ3v) is 2.23. The summed E-state index contributed by atoms with van der Waals surface area (Å²) in [5, 5.41) is 0. The molecule has 0 aliphatic carbocycles. The first-order valence-electron chi connectivity index (χ1n) is 5.11. The van der Waals surface area contributed by atoms with E-state index in [-0.39, 0.29) is 12.5 Å². The van der Waals surface area contributed by atoms with Crippen LogP contribution >= 0.6 is 0 Å². The molecule has 0 unspecified atom stereocenters. The number of hydrogen-bond donors (Lipinski definition) is 0. The monoisotopic (exact) mass is 217 g/mol. The number of amides is 1. The quantitative estimate of drug-likeness (QED) is 0.722. The Morgan fingerprint density at radius 3 is 2.75 bits per heavy atom. The molecular formula is C13H15NO2. The number of para-hydroxylation sites is 2. The number of carbonyl (C=O) groups excluding carboxylic acids is 1. The number of hydrogen-bond acceptors (Lipinski definition) is 2. The van der Waals surface area contributed by atoms with E-state index in [1.807, 2.05) is 24.3 Å². The zero-order chi connectivity index (χ0) is 12.0. The molecular weight excluding hydrogens is 202 g/mol. The van der Waals surface area contributed by atoms with E-state index in [1.165, 1.54) is 0 Å². The normalized spacial score (nSPS) is 9.31. The number of benzene rings is 1. The van der Waals surface area contributed by atoms with Crippen molar-refractivity contribution in [2.75, 3.05) is 18.6 Å². The molecule has 0 bridgehead atoms. The van der Waals surface area contributed by atoms with Crippen LogP contribution in [0.5, 0.6) is 5.75 Å². The second-order valence-electron chi connectivity index (χ2n) is 3.21. The number of nitrogens with zero attached hydrogens (tertiary/aromatic N) is 1. The Morgan fingerprint density at radius 1 is 1.50 bits per heavy atom. The molecule has 3 heteroatoms. The summed E-state index contributed by atoms with van der Waals surface area (Å²) in [5.74, 6) is 3.12. The molecule has 1 aromatic rings. The molecule has 0 aromatic heterocycles. The lowest BCUT2D eigenvalue weighted by molar-refractivity contribution is -0.118. The molecule has 0 N–H and O–H groups in total. The molecule has 0 atom stereocenters. The van der Waals surface area contributed by atoms with Crippen LogP contribution in [0.25, 0.3) is 0 Å². The molecule has 0 heterocycles. The van der Waals surface area contributed by atoms with E-state index in [9.17, 15) is 4.79 Å². The predicted molar refractivity (Wildman–Crippen MR) is 64.5 cm³/mol. The van der Waals surface area contributed by atoms with E-state index in [0.717, 1.165) is 5.69 Å². The van der Waals surface area contributed by atoms with Gasteiger partial charge in [0.1, 0.15) is 5.75 Å². The van der Waals surface area contributed by atoms with Crippen molar-refractivity contribution in [2.24, 2.45) is 0 Å². The van der Waals surface area contributed by atoms with Crippen LogP contribution in [0, 0.1) is 12.3 Å². The third-order valence-electron chi connectivity index (χ3n) is 2.23. The summed E-state index contributed by atoms with van der Waals surface area (Å²) in [6.07, 6.45) is 5.68. The molecule has 0 aliphatic rings. The third kappa shape index (κ3) is 2.54. The molecule has 0 saturated carbocycles. The molecule has 1 amide bonds. The molecule has 1 aromatic carbocycles. The first-order chi connectivity index (χ1) is 7.74. The number of anilines is 1. The molecule has 0 saturated heterocycles. The highest BCUT2D eigenvalue weighted by Crippen LogP contribution is 2.27. The molecule has 0 radical (unpaired) electrons. The minimum Gasteiger partial charge on any atom is -0.495 e. The maximum atomic E-state index is 11.7. The summed E-state index contributed by atoms with van der Waals surface area (Å²) in [6, 6.07) is 7.34. The van der Waals surface area contributed by atoms with Gasteiger partial charge in [0.15, 0.2) is 0 Å². The van der Waals surface area contributed by atoms with Crippen LogP contribution in [0.3, 0.4) is 0 Å². The van der Waals surface area contributed by atoms with Crippen molar-refractivity contribution in [3.05, 3.63) is 24.3 Å². The van der Waals surface area contributed by atoms with Gasteiger partial charge in [-0.05, 0) is 12.1 Å². The van der Waals surface area contributed by atoms with Crippen LogP contribution in [0.2, 0.25) is 0 Å². The van der Waals surface area contributed by atoms with Crippen molar-refractivity contribution < 1.29 is 9.53 Å². The summed E-state index contributed by atoms with van der Waals surface area (Å²) in [4.78, 5) is 13.3. The van der Waals surface area contributed by atoms with E-state index >= 15 is 0 Å². The molecule has 0 spiro atoms. The number of terminal acetylenes is 1. The SMILES string of the molecule is C#CCN(C(=O)CC)c1ccccc1OC. The average molecular weight is 217 g/mol. The van der Waals surface area contributed by atoms with Crippen LogP contribution in [0.4, 0.5) is 5.69 Å². The van der Waals surface area contributed by atoms with Gasteiger partial charge in [0.2, 0.25) is 5.91 Å². The molecule has 0 aliphatic heterocycles. The van der Waals surface area contributed by atoms with Crippen molar-refractivity contribution in [2.45, 2.75) is 13.3 Å². The van der Waals surface area contributed by atoms with Crippen molar-refractivity contribution in [3.8, 4) is 18.1 Å². The lowest BCUT2D eigenvalue weighted by atomic mass is 10.2. The summed E-state index contributed by atoms with van der Waals surface area (Å²) in [5.41, 5.74) is 0.717. The zero-order valence-corrected chi connectivity index (χ0v) is 9.56. The van der Waals surface area contributed by atoms with Crippen molar-refractivity contribution in [1.82, 2.24) is 0 Å². The van der Waals surface area contributed by atoms with Crippen LogP contribution in [-0.4, -0.2) is 19.6 Å². The second kappa shape index (κ2) is 5.82. The van der Waals surface area contributed by atoms with Gasteiger partial charge in [-0.25, -0.2) is 0 Å². The standard InChI is InChI=1S/C13H15NO2/c1-4-10-14(13(15)5-2)11-8-6-7-9-12(11)16-3/h1,6-9H,5,10H2,2-3H3. The van der Waals surface area contributed by atoms with Crippen molar-refractivity contribution in [3.63, 3.8) is 0 Å². The van der Waals surface area contributed by atoms with Gasteiger partial charge in [-0.3, -0.25) is 9.69 Å². The first-order valence-corrected chi connectivity index (χ1v) is 5.11. The highest BCUT2D eigenvalue weighted by molar-refractivity contribution is 5.95. The van der Waals surface area contributed by atoms with E-state index in [2.05, 4.69) is 5.92 Å². The molecule has 84 valence electrons. The Bertz CT molecular complexity index is 407. The van der Waals surface area contributed by atoms with Gasteiger partial charge >= 0.3 is 0 Å². The molecule has 0 fully saturated rings. The van der Waals surface area contributed by atoms with Gasteiger partial charge in [-0.15, -0.1) is 6.42 Å². The molecule has 16 heavy (non-hydrogen) atoms. The molecule has 3 nitrogen and oxygen atoms in total. The van der Waals surface area contributed by atoms with Gasteiger partial charge in [-0.1, -0.05) is 25.0 Å². The maximum absolute atomic E-state index is 11.7. The van der Waals surface area contributed by atoms with Crippen molar-refractivity contribution in [1.29, 1.82) is 0 Å². The van der Waals surface area contributed by atoms with Crippen LogP contribution in [0.15, 0.2) is 24.3 Å². The van der Waals surface area contributed by atoms with E-state index in [0.29, 0.717) is 12.2 Å². The minimum absolute atomic E-state index is 0.0116. The van der Waals surface area contributed by atoms with E-state index in [1.54, 1.807) is 18.9 Å². The van der Waals surface area contributed by atoms with Gasteiger partial charge in [-0.2, -0.15) is 0 Å². The number of ether oxygens (including phenoxy) is 1. The number of methoxy groups -OCH3 is 1. The fourth-order valence-electron chi connectivity index (χ4n) is 1.44. The molecule has 1 rings (SSSR count). The maximum Gasteiger partial charge on any atom is 0.227 e. The topological polar surface area (TPSA) is 29.5 Å². The summed E-state index contributed by atoms with van der Waals surface area (Å²) >= 11 is 0. The summed E-state index contributed by atoms with van der Waals surface area (Å²) < 4.78 is 5.20. The number of carbonyl (C=O) groups is 1. The lowest BCUT2D eigenvalue weighted by Gasteiger charge is -2.21.